The van der Waals surface area contributed by atoms with Gasteiger partial charge in [-0.05, 0) is 23.6 Å². The molecule has 0 saturated carbocycles. The van der Waals surface area contributed by atoms with E-state index in [0.717, 1.165) is 19.6 Å². The van der Waals surface area contributed by atoms with Crippen molar-refractivity contribution in [2.24, 2.45) is 5.73 Å². The lowest BCUT2D eigenvalue weighted by molar-refractivity contribution is 0.264. The van der Waals surface area contributed by atoms with E-state index in [1.807, 2.05) is 18.5 Å². The van der Waals surface area contributed by atoms with Crippen molar-refractivity contribution in [3.05, 3.63) is 65.5 Å². The second-order valence-electron chi connectivity index (χ2n) is 4.86. The van der Waals surface area contributed by atoms with Crippen molar-refractivity contribution >= 4 is 0 Å². The van der Waals surface area contributed by atoms with Gasteiger partial charge in [0.15, 0.2) is 0 Å². The van der Waals surface area contributed by atoms with E-state index in [4.69, 9.17) is 5.73 Å². The summed E-state index contributed by atoms with van der Waals surface area (Å²) in [4.78, 5) is 6.60. The average Bonchev–Trinajstić information content (AvgIpc) is 2.40. The molecule has 0 bridgehead atoms. The van der Waals surface area contributed by atoms with Crippen LogP contribution in [0, 0.1) is 6.92 Å². The maximum absolute atomic E-state index is 5.71. The zero-order valence-electron chi connectivity index (χ0n) is 11.4. The molecule has 0 aliphatic heterocycles. The smallest absolute Gasteiger partial charge is 0.0313 e. The van der Waals surface area contributed by atoms with Crippen LogP contribution in [0.5, 0.6) is 0 Å². The molecule has 19 heavy (non-hydrogen) atoms. The van der Waals surface area contributed by atoms with Gasteiger partial charge in [0.2, 0.25) is 0 Å². The highest BCUT2D eigenvalue weighted by Crippen LogP contribution is 2.10. The average molecular weight is 255 g/mol. The van der Waals surface area contributed by atoms with Gasteiger partial charge in [0.25, 0.3) is 0 Å². The molecule has 0 atom stereocenters. The first-order chi connectivity index (χ1) is 9.28. The minimum atomic E-state index is 0.673. The molecule has 0 aliphatic rings. The standard InChI is InChI=1S/C16H21N3/c1-14-9-16(11-18-10-14)13-19(8-7-17)12-15-5-3-2-4-6-15/h2-6,9-11H,7-8,12-13,17H2,1H3. The molecular formula is C16H21N3. The molecule has 0 aliphatic carbocycles. The first kappa shape index (κ1) is 13.7. The van der Waals surface area contributed by atoms with Gasteiger partial charge in [-0.3, -0.25) is 9.88 Å². The Balaban J connectivity index is 2.04. The van der Waals surface area contributed by atoms with Crippen LogP contribution in [0.3, 0.4) is 0 Å². The Hall–Kier alpha value is -1.71. The summed E-state index contributed by atoms with van der Waals surface area (Å²) in [5.41, 5.74) is 9.46. The van der Waals surface area contributed by atoms with E-state index in [0.29, 0.717) is 6.54 Å². The van der Waals surface area contributed by atoms with Gasteiger partial charge < -0.3 is 5.73 Å². The van der Waals surface area contributed by atoms with Crippen LogP contribution in [0.4, 0.5) is 0 Å². The van der Waals surface area contributed by atoms with E-state index in [9.17, 15) is 0 Å². The fourth-order valence-corrected chi connectivity index (χ4v) is 2.20. The summed E-state index contributed by atoms with van der Waals surface area (Å²) < 4.78 is 0. The van der Waals surface area contributed by atoms with E-state index < -0.39 is 0 Å². The molecule has 0 spiro atoms. The van der Waals surface area contributed by atoms with E-state index in [-0.39, 0.29) is 0 Å². The summed E-state index contributed by atoms with van der Waals surface area (Å²) in [6, 6.07) is 12.7. The van der Waals surface area contributed by atoms with Gasteiger partial charge in [0, 0.05) is 38.6 Å². The molecule has 2 N–H and O–H groups in total. The molecule has 0 saturated heterocycles. The van der Waals surface area contributed by atoms with Gasteiger partial charge in [-0.2, -0.15) is 0 Å². The summed E-state index contributed by atoms with van der Waals surface area (Å²) in [5.74, 6) is 0. The SMILES string of the molecule is Cc1cncc(CN(CCN)Cc2ccccc2)c1. The van der Waals surface area contributed by atoms with E-state index in [1.54, 1.807) is 0 Å². The van der Waals surface area contributed by atoms with Crippen LogP contribution in [0.2, 0.25) is 0 Å². The summed E-state index contributed by atoms with van der Waals surface area (Å²) in [6.45, 7) is 5.45. The van der Waals surface area contributed by atoms with Crippen molar-refractivity contribution in [3.63, 3.8) is 0 Å². The van der Waals surface area contributed by atoms with Gasteiger partial charge in [-0.25, -0.2) is 0 Å². The highest BCUT2D eigenvalue weighted by molar-refractivity contribution is 5.18. The molecule has 0 unspecified atom stereocenters. The van der Waals surface area contributed by atoms with Crippen molar-refractivity contribution in [1.29, 1.82) is 0 Å². The molecule has 2 rings (SSSR count). The van der Waals surface area contributed by atoms with Crippen LogP contribution < -0.4 is 5.73 Å². The van der Waals surface area contributed by atoms with Crippen LogP contribution in [-0.4, -0.2) is 23.0 Å². The molecule has 1 heterocycles. The zero-order valence-corrected chi connectivity index (χ0v) is 11.4. The Bertz CT molecular complexity index is 496. The minimum Gasteiger partial charge on any atom is -0.329 e. The van der Waals surface area contributed by atoms with Crippen LogP contribution >= 0.6 is 0 Å². The Morgan fingerprint density at radius 1 is 1.05 bits per heavy atom. The van der Waals surface area contributed by atoms with Crippen LogP contribution in [0.1, 0.15) is 16.7 Å². The Morgan fingerprint density at radius 2 is 1.79 bits per heavy atom. The maximum atomic E-state index is 5.71. The van der Waals surface area contributed by atoms with Gasteiger partial charge in [0.1, 0.15) is 0 Å². The molecular weight excluding hydrogens is 234 g/mol. The number of aromatic nitrogens is 1. The number of nitrogens with two attached hydrogens (primary N) is 1. The van der Waals surface area contributed by atoms with Crippen LogP contribution in [0.15, 0.2) is 48.8 Å². The molecule has 0 amide bonds. The zero-order chi connectivity index (χ0) is 13.5. The van der Waals surface area contributed by atoms with Crippen molar-refractivity contribution in [2.45, 2.75) is 20.0 Å². The first-order valence-corrected chi connectivity index (χ1v) is 6.65. The third-order valence-electron chi connectivity index (χ3n) is 3.03. The lowest BCUT2D eigenvalue weighted by Crippen LogP contribution is -2.28. The van der Waals surface area contributed by atoms with E-state index >= 15 is 0 Å². The van der Waals surface area contributed by atoms with E-state index in [2.05, 4.69) is 47.1 Å². The predicted octanol–water partition coefficient (Wildman–Crippen LogP) is 2.35. The largest absolute Gasteiger partial charge is 0.329 e. The number of aryl methyl sites for hydroxylation is 1. The number of benzene rings is 1. The number of pyridine rings is 1. The van der Waals surface area contributed by atoms with Gasteiger partial charge >= 0.3 is 0 Å². The highest BCUT2D eigenvalue weighted by atomic mass is 15.1. The minimum absolute atomic E-state index is 0.673. The second kappa shape index (κ2) is 7.02. The molecule has 0 radical (unpaired) electrons. The molecule has 0 fully saturated rings. The molecule has 1 aromatic heterocycles. The van der Waals surface area contributed by atoms with Crippen LogP contribution in [0.25, 0.3) is 0 Å². The van der Waals surface area contributed by atoms with Gasteiger partial charge in [-0.15, -0.1) is 0 Å². The quantitative estimate of drug-likeness (QED) is 0.861. The Labute approximate surface area is 115 Å². The number of rotatable bonds is 6. The summed E-state index contributed by atoms with van der Waals surface area (Å²) in [7, 11) is 0. The summed E-state index contributed by atoms with van der Waals surface area (Å²) in [6.07, 6.45) is 3.81. The van der Waals surface area contributed by atoms with Crippen LogP contribution in [-0.2, 0) is 13.1 Å². The first-order valence-electron chi connectivity index (χ1n) is 6.65. The number of hydrogen-bond donors (Lipinski definition) is 1. The molecule has 100 valence electrons. The number of nitrogens with zero attached hydrogens (tertiary/aromatic N) is 2. The third-order valence-corrected chi connectivity index (χ3v) is 3.03. The van der Waals surface area contributed by atoms with E-state index in [1.165, 1.54) is 16.7 Å². The number of hydrogen-bond acceptors (Lipinski definition) is 3. The lowest BCUT2D eigenvalue weighted by atomic mass is 10.1. The summed E-state index contributed by atoms with van der Waals surface area (Å²) in [5, 5.41) is 0. The lowest BCUT2D eigenvalue weighted by Gasteiger charge is -2.21. The van der Waals surface area contributed by atoms with Crippen molar-refractivity contribution in [2.75, 3.05) is 13.1 Å². The predicted molar refractivity (Wildman–Crippen MR) is 78.6 cm³/mol. The maximum Gasteiger partial charge on any atom is 0.0313 e. The summed E-state index contributed by atoms with van der Waals surface area (Å²) >= 11 is 0. The fourth-order valence-electron chi connectivity index (χ4n) is 2.20. The molecule has 2 aromatic rings. The van der Waals surface area contributed by atoms with Crippen molar-refractivity contribution in [3.8, 4) is 0 Å². The second-order valence-corrected chi connectivity index (χ2v) is 4.86. The molecule has 3 nitrogen and oxygen atoms in total. The Kier molecular flexibility index (Phi) is 5.07. The monoisotopic (exact) mass is 255 g/mol. The topological polar surface area (TPSA) is 42.2 Å². The molecule has 3 heteroatoms. The van der Waals surface area contributed by atoms with Crippen molar-refractivity contribution < 1.29 is 0 Å². The van der Waals surface area contributed by atoms with Crippen molar-refractivity contribution in [1.82, 2.24) is 9.88 Å². The fraction of sp³-hybridized carbons (Fsp3) is 0.312. The molecule has 1 aromatic carbocycles. The third kappa shape index (κ3) is 4.47. The van der Waals surface area contributed by atoms with Gasteiger partial charge in [0.05, 0.1) is 0 Å². The normalized spacial score (nSPS) is 10.9. The Morgan fingerprint density at radius 3 is 2.47 bits per heavy atom. The van der Waals surface area contributed by atoms with Gasteiger partial charge in [-0.1, -0.05) is 36.4 Å². The highest BCUT2D eigenvalue weighted by Gasteiger charge is 2.06.